The van der Waals surface area contributed by atoms with Crippen LogP contribution in [0.5, 0.6) is 0 Å². The highest BCUT2D eigenvalue weighted by Crippen LogP contribution is 2.61. The largest absolute Gasteiger partial charge is 0.349 e. The van der Waals surface area contributed by atoms with Crippen molar-refractivity contribution in [1.82, 2.24) is 35.5 Å². The van der Waals surface area contributed by atoms with Gasteiger partial charge in [0.1, 0.15) is 11.9 Å². The van der Waals surface area contributed by atoms with Crippen molar-refractivity contribution in [3.8, 4) is 0 Å². The maximum Gasteiger partial charge on any atom is 0.276 e. The monoisotopic (exact) mass is 613 g/mol. The highest BCUT2D eigenvalue weighted by Gasteiger charge is 2.57. The molecule has 3 heterocycles. The minimum atomic E-state index is -2.73. The maximum atomic E-state index is 14.1. The average molecular weight is 614 g/mol. The highest BCUT2D eigenvalue weighted by atomic mass is 19.3. The molecule has 5 aliphatic carbocycles. The first-order valence-corrected chi connectivity index (χ1v) is 15.8. The number of alkyl halides is 3. The van der Waals surface area contributed by atoms with Crippen LogP contribution in [0.15, 0.2) is 23.1 Å². The maximum absolute atomic E-state index is 14.1. The molecule has 3 atom stereocenters. The van der Waals surface area contributed by atoms with E-state index in [2.05, 4.69) is 26.0 Å². The smallest absolute Gasteiger partial charge is 0.276 e. The van der Waals surface area contributed by atoms with E-state index in [1.807, 2.05) is 19.9 Å². The van der Waals surface area contributed by atoms with Gasteiger partial charge in [-0.3, -0.25) is 9.59 Å². The molecule has 8 rings (SSSR count). The summed E-state index contributed by atoms with van der Waals surface area (Å²) in [5.74, 6) is -3.24. The minimum absolute atomic E-state index is 0.0571. The van der Waals surface area contributed by atoms with Crippen molar-refractivity contribution in [2.24, 2.45) is 23.2 Å². The van der Waals surface area contributed by atoms with Crippen molar-refractivity contribution in [1.29, 1.82) is 0 Å². The van der Waals surface area contributed by atoms with E-state index in [-0.39, 0.29) is 66.5 Å². The third-order valence-electron chi connectivity index (χ3n) is 10.3. The van der Waals surface area contributed by atoms with Gasteiger partial charge in [-0.2, -0.15) is 5.10 Å². The Bertz CT molecular complexity index is 1550. The molecule has 3 aromatic heterocycles. The van der Waals surface area contributed by atoms with Gasteiger partial charge in [-0.25, -0.2) is 27.3 Å². The first kappa shape index (κ1) is 29.2. The molecular weight excluding hydrogens is 575 g/mol. The topological polar surface area (TPSA) is 127 Å². The lowest BCUT2D eigenvalue weighted by Crippen LogP contribution is -2.37. The molecule has 2 N–H and O–H groups in total. The summed E-state index contributed by atoms with van der Waals surface area (Å²) < 4.78 is 48.7. The van der Waals surface area contributed by atoms with Gasteiger partial charge in [-0.15, -0.1) is 0 Å². The molecule has 5 aliphatic rings. The molecule has 2 bridgehead atoms. The van der Waals surface area contributed by atoms with E-state index in [4.69, 9.17) is 9.61 Å². The molecule has 2 amide bonds. The van der Waals surface area contributed by atoms with Crippen LogP contribution in [-0.2, 0) is 4.79 Å². The fourth-order valence-electron chi connectivity index (χ4n) is 7.74. The second kappa shape index (κ2) is 10.8. The number of hydrogen-bond acceptors (Lipinski definition) is 7. The molecule has 0 aliphatic heterocycles. The quantitative estimate of drug-likeness (QED) is 0.304. The number of amides is 2. The predicted octanol–water partition coefficient (Wildman–Crippen LogP) is 5.63. The highest BCUT2D eigenvalue weighted by molar-refractivity contribution is 5.93. The van der Waals surface area contributed by atoms with Crippen LogP contribution in [0.1, 0.15) is 123 Å². The van der Waals surface area contributed by atoms with Crippen LogP contribution in [0.3, 0.4) is 0 Å². The summed E-state index contributed by atoms with van der Waals surface area (Å²) in [6, 6.07) is 1.01. The number of carbonyl (C=O) groups is 2. The number of fused-ring (bicyclic) bond motifs is 2. The third kappa shape index (κ3) is 5.58. The average Bonchev–Trinajstić information content (AvgIpc) is 3.27. The lowest BCUT2D eigenvalue weighted by Gasteiger charge is -2.37. The van der Waals surface area contributed by atoms with Gasteiger partial charge < -0.3 is 10.6 Å². The van der Waals surface area contributed by atoms with Crippen molar-refractivity contribution >= 4 is 17.5 Å². The van der Waals surface area contributed by atoms with Crippen LogP contribution in [0.25, 0.3) is 5.65 Å². The molecule has 44 heavy (non-hydrogen) atoms. The van der Waals surface area contributed by atoms with Crippen molar-refractivity contribution in [3.05, 3.63) is 41.1 Å². The molecule has 0 saturated heterocycles. The van der Waals surface area contributed by atoms with E-state index in [1.54, 1.807) is 16.9 Å². The normalized spacial score (nSPS) is 27.7. The second-order valence-electron chi connectivity index (χ2n) is 14.0. The predicted molar refractivity (Wildman–Crippen MR) is 151 cm³/mol. The minimum Gasteiger partial charge on any atom is -0.349 e. The molecule has 5 fully saturated rings. The Morgan fingerprint density at radius 3 is 2.43 bits per heavy atom. The van der Waals surface area contributed by atoms with Crippen molar-refractivity contribution in [2.75, 3.05) is 0 Å². The zero-order chi connectivity index (χ0) is 30.8. The van der Waals surface area contributed by atoms with Crippen LogP contribution >= 0.6 is 0 Å². The lowest BCUT2D eigenvalue weighted by molar-refractivity contribution is -0.125. The molecule has 0 aromatic carbocycles. The molecule has 13 heteroatoms. The van der Waals surface area contributed by atoms with E-state index in [0.29, 0.717) is 35.8 Å². The van der Waals surface area contributed by atoms with E-state index < -0.39 is 24.0 Å². The Hall–Kier alpha value is -3.51. The molecule has 0 spiro atoms. The summed E-state index contributed by atoms with van der Waals surface area (Å²) in [7, 11) is 0. The van der Waals surface area contributed by atoms with Gasteiger partial charge in [0, 0.05) is 25.2 Å². The summed E-state index contributed by atoms with van der Waals surface area (Å²) in [5.41, 5.74) is 2.16. The van der Waals surface area contributed by atoms with Crippen LogP contribution in [-0.4, -0.2) is 48.8 Å². The Balaban J connectivity index is 1.13. The molecule has 0 radical (unpaired) electrons. The lowest BCUT2D eigenvalue weighted by atomic mass is 9.67. The van der Waals surface area contributed by atoms with Gasteiger partial charge >= 0.3 is 0 Å². The number of halogens is 3. The van der Waals surface area contributed by atoms with Crippen molar-refractivity contribution < 1.29 is 27.4 Å². The van der Waals surface area contributed by atoms with Crippen LogP contribution < -0.4 is 10.6 Å². The van der Waals surface area contributed by atoms with Gasteiger partial charge in [0.25, 0.3) is 5.91 Å². The van der Waals surface area contributed by atoms with E-state index in [0.717, 1.165) is 31.2 Å². The number of nitrogens with zero attached hydrogens (tertiary/aromatic N) is 5. The van der Waals surface area contributed by atoms with Gasteiger partial charge in [0.2, 0.25) is 11.8 Å². The van der Waals surface area contributed by atoms with Gasteiger partial charge in [0.05, 0.1) is 30.2 Å². The zero-order valence-corrected chi connectivity index (χ0v) is 24.9. The second-order valence-corrected chi connectivity index (χ2v) is 14.0. The molecule has 1 unspecified atom stereocenters. The Kier molecular flexibility index (Phi) is 7.19. The molecule has 3 aromatic rings. The summed E-state index contributed by atoms with van der Waals surface area (Å²) in [6.45, 7) is 3.74. The van der Waals surface area contributed by atoms with Crippen LogP contribution in [0.2, 0.25) is 0 Å². The van der Waals surface area contributed by atoms with Crippen LogP contribution in [0.4, 0.5) is 13.2 Å². The summed E-state index contributed by atoms with van der Waals surface area (Å²) >= 11 is 0. The fraction of sp³-hybridized carbons (Fsp3) is 0.677. The number of aromatic nitrogens is 5. The number of carbonyl (C=O) groups excluding carboxylic acids is 2. The SMILES string of the molecule is CC(C)c1nonc1C(=O)N[C@H](c1cn2ncc([C@H](NC(=O)C[C@]34CC(F)[C@@H](C3)C4)C3CC3)cc2n1)C1CCC(F)(F)CC1. The Morgan fingerprint density at radius 1 is 1.05 bits per heavy atom. The molecular formula is C31H38F3N7O3. The summed E-state index contributed by atoms with van der Waals surface area (Å²) in [4.78, 5) is 31.3. The zero-order valence-electron chi connectivity index (χ0n) is 24.9. The fourth-order valence-corrected chi connectivity index (χ4v) is 7.74. The number of hydrogen-bond donors (Lipinski definition) is 2. The third-order valence-corrected chi connectivity index (χ3v) is 10.3. The van der Waals surface area contributed by atoms with E-state index in [1.165, 1.54) is 0 Å². The van der Waals surface area contributed by atoms with Gasteiger partial charge in [0.15, 0.2) is 11.3 Å². The first-order chi connectivity index (χ1) is 21.0. The Labute approximate surface area is 252 Å². The Morgan fingerprint density at radius 2 is 1.77 bits per heavy atom. The molecule has 5 saturated carbocycles. The summed E-state index contributed by atoms with van der Waals surface area (Å²) in [6.07, 6.45) is 6.96. The number of imidazole rings is 1. The molecule has 236 valence electrons. The standard InChI is InChI=1S/C31H38F3N7O3/c1-16(2)25-28(40-44-39-25)29(43)38-27(18-5-7-31(33,34)8-6-18)22-15-41-23(36-22)9-19(14-35-41)26(17-3-4-17)37-24(42)13-30-10-20(11-30)21(32)12-30/h9,14-18,20-21,26-27H,3-8,10-13H2,1-2H3,(H,37,42)(H,38,43)/t20-,21?,26-,27+,30+/m1/s1. The van der Waals surface area contributed by atoms with Crippen molar-refractivity contribution in [3.63, 3.8) is 0 Å². The van der Waals surface area contributed by atoms with Gasteiger partial charge in [-0.1, -0.05) is 19.0 Å². The van der Waals surface area contributed by atoms with Crippen LogP contribution in [0, 0.1) is 23.2 Å². The van der Waals surface area contributed by atoms with E-state index >= 15 is 0 Å². The molecule has 10 nitrogen and oxygen atoms in total. The number of nitrogens with one attached hydrogen (secondary N) is 2. The van der Waals surface area contributed by atoms with Gasteiger partial charge in [-0.05, 0) is 84.9 Å². The van der Waals surface area contributed by atoms with Crippen molar-refractivity contribution in [2.45, 2.75) is 108 Å². The first-order valence-electron chi connectivity index (χ1n) is 15.8. The summed E-state index contributed by atoms with van der Waals surface area (Å²) in [5, 5.41) is 18.4. The number of rotatable bonds is 10. The van der Waals surface area contributed by atoms with E-state index in [9.17, 15) is 22.8 Å².